The van der Waals surface area contributed by atoms with Crippen LogP contribution in [0.25, 0.3) is 0 Å². The molecular formula is C16H26FN3O. The van der Waals surface area contributed by atoms with Gasteiger partial charge in [-0.15, -0.1) is 0 Å². The highest BCUT2D eigenvalue weighted by atomic mass is 19.1. The fourth-order valence-corrected chi connectivity index (χ4v) is 2.10. The Kier molecular flexibility index (Phi) is 7.75. The van der Waals surface area contributed by atoms with Gasteiger partial charge in [0.05, 0.1) is 5.69 Å². The van der Waals surface area contributed by atoms with E-state index in [9.17, 15) is 9.18 Å². The minimum Gasteiger partial charge on any atom is -0.399 e. The fourth-order valence-electron chi connectivity index (χ4n) is 2.10. The fraction of sp³-hybridized carbons (Fsp3) is 0.562. The Hall–Kier alpha value is -1.62. The smallest absolute Gasteiger partial charge is 0.224 e. The number of unbranched alkanes of at least 4 members (excludes halogenated alkanes) is 2. The first-order valence-electron chi connectivity index (χ1n) is 7.56. The number of nitrogens with zero attached hydrogens (tertiary/aromatic N) is 1. The van der Waals surface area contributed by atoms with Crippen molar-refractivity contribution < 1.29 is 9.18 Å². The molecule has 0 saturated heterocycles. The van der Waals surface area contributed by atoms with Crippen LogP contribution in [0.1, 0.15) is 39.0 Å². The molecule has 0 fully saturated rings. The molecule has 1 aromatic carbocycles. The van der Waals surface area contributed by atoms with Gasteiger partial charge in [-0.25, -0.2) is 4.39 Å². The molecule has 0 heterocycles. The van der Waals surface area contributed by atoms with Crippen LogP contribution < -0.4 is 11.1 Å². The summed E-state index contributed by atoms with van der Waals surface area (Å²) in [5, 5.41) is 2.56. The van der Waals surface area contributed by atoms with Gasteiger partial charge in [0.2, 0.25) is 5.91 Å². The number of hydrogen-bond acceptors (Lipinski definition) is 3. The van der Waals surface area contributed by atoms with Gasteiger partial charge in [-0.2, -0.15) is 0 Å². The number of nitrogens with two attached hydrogens (primary N) is 1. The van der Waals surface area contributed by atoms with E-state index in [0.29, 0.717) is 12.1 Å². The van der Waals surface area contributed by atoms with Gasteiger partial charge < -0.3 is 16.0 Å². The van der Waals surface area contributed by atoms with Crippen molar-refractivity contribution >= 4 is 17.3 Å². The zero-order chi connectivity index (χ0) is 15.7. The first kappa shape index (κ1) is 17.4. The SMILES string of the molecule is CCCCCN(C)CCCC(=O)Nc1cc(N)ccc1F. The first-order chi connectivity index (χ1) is 10.0. The molecule has 0 unspecified atom stereocenters. The monoisotopic (exact) mass is 295 g/mol. The van der Waals surface area contributed by atoms with E-state index in [1.807, 2.05) is 0 Å². The van der Waals surface area contributed by atoms with Crippen LogP contribution in [0.3, 0.4) is 0 Å². The number of carbonyl (C=O) groups is 1. The molecule has 0 aliphatic carbocycles. The van der Waals surface area contributed by atoms with Crippen molar-refractivity contribution in [2.45, 2.75) is 39.0 Å². The van der Waals surface area contributed by atoms with Gasteiger partial charge >= 0.3 is 0 Å². The Bertz CT molecular complexity index is 451. The van der Waals surface area contributed by atoms with E-state index in [0.717, 1.165) is 19.5 Å². The molecular weight excluding hydrogens is 269 g/mol. The predicted octanol–water partition coefficient (Wildman–Crippen LogP) is 3.25. The third-order valence-corrected chi connectivity index (χ3v) is 3.35. The minimum absolute atomic E-state index is 0.149. The van der Waals surface area contributed by atoms with Crippen molar-refractivity contribution in [3.63, 3.8) is 0 Å². The number of halogens is 1. The molecule has 0 aliphatic heterocycles. The Morgan fingerprint density at radius 2 is 2.00 bits per heavy atom. The highest BCUT2D eigenvalue weighted by molar-refractivity contribution is 5.91. The number of rotatable bonds is 9. The van der Waals surface area contributed by atoms with E-state index in [-0.39, 0.29) is 11.6 Å². The Morgan fingerprint density at radius 1 is 1.29 bits per heavy atom. The maximum Gasteiger partial charge on any atom is 0.224 e. The number of benzene rings is 1. The summed E-state index contributed by atoms with van der Waals surface area (Å²) in [6.07, 6.45) is 4.78. The molecule has 1 rings (SSSR count). The van der Waals surface area contributed by atoms with Crippen LogP contribution in [0.15, 0.2) is 18.2 Å². The maximum absolute atomic E-state index is 13.5. The summed E-state index contributed by atoms with van der Waals surface area (Å²) >= 11 is 0. The largest absolute Gasteiger partial charge is 0.399 e. The average molecular weight is 295 g/mol. The number of nitrogen functional groups attached to an aromatic ring is 1. The first-order valence-corrected chi connectivity index (χ1v) is 7.56. The zero-order valence-corrected chi connectivity index (χ0v) is 13.0. The van der Waals surface area contributed by atoms with E-state index in [1.165, 1.54) is 37.5 Å². The predicted molar refractivity (Wildman–Crippen MR) is 85.7 cm³/mol. The molecule has 3 N–H and O–H groups in total. The maximum atomic E-state index is 13.5. The van der Waals surface area contributed by atoms with Gasteiger partial charge in [0, 0.05) is 12.1 Å². The van der Waals surface area contributed by atoms with Crippen molar-refractivity contribution in [2.75, 3.05) is 31.2 Å². The molecule has 5 heteroatoms. The highest BCUT2D eigenvalue weighted by Crippen LogP contribution is 2.17. The molecule has 118 valence electrons. The van der Waals surface area contributed by atoms with Crippen LogP contribution in [0, 0.1) is 5.82 Å². The molecule has 0 saturated carbocycles. The molecule has 0 radical (unpaired) electrons. The second kappa shape index (κ2) is 9.34. The van der Waals surface area contributed by atoms with Gasteiger partial charge in [0.25, 0.3) is 0 Å². The molecule has 0 spiro atoms. The van der Waals surface area contributed by atoms with Crippen molar-refractivity contribution in [1.82, 2.24) is 4.90 Å². The lowest BCUT2D eigenvalue weighted by Crippen LogP contribution is -2.22. The Balaban J connectivity index is 2.26. The standard InChI is InChI=1S/C16H26FN3O/c1-3-4-5-10-20(2)11-6-7-16(21)19-15-12-13(18)8-9-14(15)17/h8-9,12H,3-7,10-11,18H2,1-2H3,(H,19,21). The number of anilines is 2. The molecule has 1 aromatic rings. The third kappa shape index (κ3) is 7.09. The van der Waals surface area contributed by atoms with Crippen molar-refractivity contribution in [3.8, 4) is 0 Å². The van der Waals surface area contributed by atoms with Gasteiger partial charge in [0.1, 0.15) is 5.82 Å². The van der Waals surface area contributed by atoms with Crippen molar-refractivity contribution in [1.29, 1.82) is 0 Å². The minimum atomic E-state index is -0.464. The number of carbonyl (C=O) groups excluding carboxylic acids is 1. The lowest BCUT2D eigenvalue weighted by atomic mass is 10.2. The van der Waals surface area contributed by atoms with Gasteiger partial charge in [-0.3, -0.25) is 4.79 Å². The van der Waals surface area contributed by atoms with E-state index in [1.54, 1.807) is 0 Å². The normalized spacial score (nSPS) is 10.9. The number of hydrogen-bond donors (Lipinski definition) is 2. The third-order valence-electron chi connectivity index (χ3n) is 3.35. The lowest BCUT2D eigenvalue weighted by molar-refractivity contribution is -0.116. The van der Waals surface area contributed by atoms with E-state index < -0.39 is 5.82 Å². The second-order valence-corrected chi connectivity index (χ2v) is 5.40. The van der Waals surface area contributed by atoms with E-state index in [4.69, 9.17) is 5.73 Å². The molecule has 21 heavy (non-hydrogen) atoms. The van der Waals surface area contributed by atoms with Crippen LogP contribution in [0.2, 0.25) is 0 Å². The van der Waals surface area contributed by atoms with Crippen molar-refractivity contribution in [2.24, 2.45) is 0 Å². The Labute approximate surface area is 126 Å². The van der Waals surface area contributed by atoms with Crippen LogP contribution in [0.4, 0.5) is 15.8 Å². The van der Waals surface area contributed by atoms with Crippen LogP contribution in [0.5, 0.6) is 0 Å². The average Bonchev–Trinajstić information content (AvgIpc) is 2.43. The lowest BCUT2D eigenvalue weighted by Gasteiger charge is -2.16. The summed E-state index contributed by atoms with van der Waals surface area (Å²) in [5.41, 5.74) is 6.16. The van der Waals surface area contributed by atoms with Crippen LogP contribution in [-0.4, -0.2) is 30.9 Å². The summed E-state index contributed by atoms with van der Waals surface area (Å²) in [4.78, 5) is 14.0. The highest BCUT2D eigenvalue weighted by Gasteiger charge is 2.08. The summed E-state index contributed by atoms with van der Waals surface area (Å²) in [6.45, 7) is 4.11. The second-order valence-electron chi connectivity index (χ2n) is 5.40. The van der Waals surface area contributed by atoms with Gasteiger partial charge in [0.15, 0.2) is 0 Å². The summed E-state index contributed by atoms with van der Waals surface area (Å²) in [5.74, 6) is -0.643. The molecule has 0 aliphatic rings. The quantitative estimate of drug-likeness (QED) is 0.543. The molecule has 1 amide bonds. The van der Waals surface area contributed by atoms with E-state index >= 15 is 0 Å². The Morgan fingerprint density at radius 3 is 2.71 bits per heavy atom. The van der Waals surface area contributed by atoms with E-state index in [2.05, 4.69) is 24.2 Å². The molecule has 0 aromatic heterocycles. The van der Waals surface area contributed by atoms with Gasteiger partial charge in [-0.1, -0.05) is 19.8 Å². The van der Waals surface area contributed by atoms with Crippen LogP contribution in [-0.2, 0) is 4.79 Å². The van der Waals surface area contributed by atoms with Crippen molar-refractivity contribution in [3.05, 3.63) is 24.0 Å². The number of amides is 1. The molecule has 0 atom stereocenters. The summed E-state index contributed by atoms with van der Waals surface area (Å²) in [7, 11) is 2.06. The summed E-state index contributed by atoms with van der Waals surface area (Å²) in [6, 6.07) is 4.16. The summed E-state index contributed by atoms with van der Waals surface area (Å²) < 4.78 is 13.5. The topological polar surface area (TPSA) is 58.4 Å². The zero-order valence-electron chi connectivity index (χ0n) is 13.0. The molecule has 0 bridgehead atoms. The van der Waals surface area contributed by atoms with Gasteiger partial charge in [-0.05, 0) is 51.2 Å². The van der Waals surface area contributed by atoms with Crippen LogP contribution >= 0.6 is 0 Å². The molecule has 4 nitrogen and oxygen atoms in total. The number of nitrogens with one attached hydrogen (secondary N) is 1.